The fourth-order valence-electron chi connectivity index (χ4n) is 1.59. The van der Waals surface area contributed by atoms with Crippen molar-refractivity contribution in [1.29, 1.82) is 0 Å². The predicted octanol–water partition coefficient (Wildman–Crippen LogP) is -0.132. The van der Waals surface area contributed by atoms with E-state index in [9.17, 15) is 18.0 Å². The summed E-state index contributed by atoms with van der Waals surface area (Å²) in [7, 11) is -3.23. The molecule has 8 nitrogen and oxygen atoms in total. The highest BCUT2D eigenvalue weighted by Gasteiger charge is 2.36. The minimum absolute atomic E-state index is 0.213. The molecule has 4 N–H and O–H groups in total. The lowest BCUT2D eigenvalue weighted by molar-refractivity contribution is -0.144. The van der Waals surface area contributed by atoms with Gasteiger partial charge in [0.2, 0.25) is 10.0 Å². The minimum atomic E-state index is -3.23. The zero-order valence-electron chi connectivity index (χ0n) is 12.0. The van der Waals surface area contributed by atoms with E-state index in [-0.39, 0.29) is 25.9 Å². The molecule has 0 saturated carbocycles. The van der Waals surface area contributed by atoms with Gasteiger partial charge < -0.3 is 15.7 Å². The van der Waals surface area contributed by atoms with Crippen molar-refractivity contribution in [1.82, 2.24) is 15.4 Å². The first-order valence-electron chi connectivity index (χ1n) is 6.41. The van der Waals surface area contributed by atoms with Gasteiger partial charge in [-0.15, -0.1) is 0 Å². The Morgan fingerprint density at radius 1 is 1.15 bits per heavy atom. The first-order valence-corrected chi connectivity index (χ1v) is 8.30. The molecule has 0 aliphatic rings. The van der Waals surface area contributed by atoms with Gasteiger partial charge in [-0.05, 0) is 19.3 Å². The minimum Gasteiger partial charge on any atom is -0.480 e. The zero-order valence-corrected chi connectivity index (χ0v) is 12.8. The molecule has 0 radical (unpaired) electrons. The molecule has 0 atom stereocenters. The Morgan fingerprint density at radius 3 is 2.10 bits per heavy atom. The molecule has 20 heavy (non-hydrogen) atoms. The van der Waals surface area contributed by atoms with Crippen molar-refractivity contribution in [2.24, 2.45) is 0 Å². The number of hydrogen-bond donors (Lipinski definition) is 4. The van der Waals surface area contributed by atoms with Gasteiger partial charge in [-0.3, -0.25) is 0 Å². The number of nitrogens with one attached hydrogen (secondary N) is 3. The Bertz CT molecular complexity index is 431. The molecule has 0 fully saturated rings. The first-order chi connectivity index (χ1) is 9.17. The summed E-state index contributed by atoms with van der Waals surface area (Å²) in [6.45, 7) is 3.84. The number of carboxylic acid groups (broad SMARTS) is 1. The number of carboxylic acids is 1. The maximum Gasteiger partial charge on any atom is 0.329 e. The Kier molecular flexibility index (Phi) is 7.51. The molecule has 0 saturated heterocycles. The maximum absolute atomic E-state index is 11.6. The van der Waals surface area contributed by atoms with Crippen molar-refractivity contribution in [2.45, 2.75) is 38.6 Å². The predicted molar refractivity (Wildman–Crippen MR) is 74.9 cm³/mol. The first kappa shape index (κ1) is 18.7. The number of carbonyl (C=O) groups is 2. The van der Waals surface area contributed by atoms with Crippen LogP contribution in [-0.2, 0) is 14.8 Å². The number of hydrogen-bond acceptors (Lipinski definition) is 4. The number of aliphatic carboxylic acids is 1. The lowest BCUT2D eigenvalue weighted by atomic mass is 9.93. The highest BCUT2D eigenvalue weighted by atomic mass is 32.2. The molecule has 0 aromatic heterocycles. The van der Waals surface area contributed by atoms with Crippen molar-refractivity contribution in [2.75, 3.05) is 19.3 Å². The normalized spacial score (nSPS) is 11.9. The van der Waals surface area contributed by atoms with Crippen molar-refractivity contribution in [3.05, 3.63) is 0 Å². The molecule has 0 aliphatic heterocycles. The molecule has 0 aromatic rings. The van der Waals surface area contributed by atoms with Crippen LogP contribution < -0.4 is 15.4 Å². The van der Waals surface area contributed by atoms with Crippen LogP contribution in [0, 0.1) is 0 Å². The van der Waals surface area contributed by atoms with Gasteiger partial charge in [0.1, 0.15) is 5.54 Å². The maximum atomic E-state index is 11.6. The average molecular weight is 309 g/mol. The summed E-state index contributed by atoms with van der Waals surface area (Å²) in [4.78, 5) is 22.8. The van der Waals surface area contributed by atoms with E-state index >= 15 is 0 Å². The van der Waals surface area contributed by atoms with E-state index in [1.165, 1.54) is 0 Å². The van der Waals surface area contributed by atoms with Crippen molar-refractivity contribution in [3.8, 4) is 0 Å². The summed E-state index contributed by atoms with van der Waals surface area (Å²) in [5.74, 6) is -1.07. The molecular formula is C11H23N3O5S. The molecule has 0 spiro atoms. The van der Waals surface area contributed by atoms with Gasteiger partial charge in [0.25, 0.3) is 0 Å². The number of carbonyl (C=O) groups excluding carboxylic acids is 1. The molecule has 118 valence electrons. The average Bonchev–Trinajstić information content (AvgIpc) is 2.33. The lowest BCUT2D eigenvalue weighted by Crippen LogP contribution is -2.56. The van der Waals surface area contributed by atoms with E-state index in [0.717, 1.165) is 6.26 Å². The molecule has 0 aromatic carbocycles. The Labute approximate surface area is 119 Å². The Hall–Kier alpha value is -1.35. The van der Waals surface area contributed by atoms with Crippen LogP contribution in [-0.4, -0.2) is 50.4 Å². The van der Waals surface area contributed by atoms with Gasteiger partial charge in [-0.1, -0.05) is 13.8 Å². The summed E-state index contributed by atoms with van der Waals surface area (Å²) in [5.41, 5.74) is -1.27. The third kappa shape index (κ3) is 6.71. The highest BCUT2D eigenvalue weighted by molar-refractivity contribution is 7.88. The number of sulfonamides is 1. The van der Waals surface area contributed by atoms with Crippen LogP contribution in [0.5, 0.6) is 0 Å². The molecule has 0 aliphatic carbocycles. The summed E-state index contributed by atoms with van der Waals surface area (Å²) >= 11 is 0. The molecule has 0 unspecified atom stereocenters. The van der Waals surface area contributed by atoms with Crippen LogP contribution in [0.25, 0.3) is 0 Å². The second kappa shape index (κ2) is 8.05. The third-order valence-electron chi connectivity index (χ3n) is 2.97. The summed E-state index contributed by atoms with van der Waals surface area (Å²) in [5, 5.41) is 14.1. The molecule has 9 heteroatoms. The van der Waals surface area contributed by atoms with Crippen LogP contribution in [0.2, 0.25) is 0 Å². The standard InChI is InChI=1S/C11H23N3O5S/c1-4-11(5-2,9(15)16)14-10(17)12-7-6-8-13-20(3,18)19/h13H,4-8H2,1-3H3,(H,15,16)(H2,12,14,17). The molecule has 0 bridgehead atoms. The molecule has 0 rings (SSSR count). The van der Waals surface area contributed by atoms with E-state index in [4.69, 9.17) is 5.11 Å². The van der Waals surface area contributed by atoms with Crippen LogP contribution >= 0.6 is 0 Å². The third-order valence-corrected chi connectivity index (χ3v) is 3.70. The molecule has 0 heterocycles. The van der Waals surface area contributed by atoms with E-state index < -0.39 is 27.6 Å². The second-order valence-corrected chi connectivity index (χ2v) is 6.33. The summed E-state index contributed by atoms with van der Waals surface area (Å²) < 4.78 is 23.9. The topological polar surface area (TPSA) is 125 Å². The molecule has 2 amide bonds. The number of amides is 2. The van der Waals surface area contributed by atoms with Crippen LogP contribution in [0.3, 0.4) is 0 Å². The Morgan fingerprint density at radius 2 is 1.70 bits per heavy atom. The summed E-state index contributed by atoms with van der Waals surface area (Å²) in [6.07, 6.45) is 2.03. The second-order valence-electron chi connectivity index (χ2n) is 4.50. The van der Waals surface area contributed by atoms with Crippen LogP contribution in [0.1, 0.15) is 33.1 Å². The van der Waals surface area contributed by atoms with Gasteiger partial charge in [-0.2, -0.15) is 0 Å². The lowest BCUT2D eigenvalue weighted by Gasteiger charge is -2.28. The van der Waals surface area contributed by atoms with Gasteiger partial charge in [0.15, 0.2) is 0 Å². The van der Waals surface area contributed by atoms with Crippen LogP contribution in [0.15, 0.2) is 0 Å². The van der Waals surface area contributed by atoms with E-state index in [1.807, 2.05) is 0 Å². The fourth-order valence-corrected chi connectivity index (χ4v) is 2.11. The number of urea groups is 1. The highest BCUT2D eigenvalue weighted by Crippen LogP contribution is 2.14. The fraction of sp³-hybridized carbons (Fsp3) is 0.818. The van der Waals surface area contributed by atoms with Crippen LogP contribution in [0.4, 0.5) is 4.79 Å². The quantitative estimate of drug-likeness (QED) is 0.442. The largest absolute Gasteiger partial charge is 0.480 e. The SMILES string of the molecule is CCC(CC)(NC(=O)NCCCNS(C)(=O)=O)C(=O)O. The van der Waals surface area contributed by atoms with E-state index in [2.05, 4.69) is 15.4 Å². The monoisotopic (exact) mass is 309 g/mol. The van der Waals surface area contributed by atoms with Gasteiger partial charge >= 0.3 is 12.0 Å². The van der Waals surface area contributed by atoms with Crippen molar-refractivity contribution < 1.29 is 23.1 Å². The number of rotatable bonds is 9. The van der Waals surface area contributed by atoms with E-state index in [0.29, 0.717) is 6.42 Å². The van der Waals surface area contributed by atoms with Gasteiger partial charge in [0.05, 0.1) is 6.26 Å². The van der Waals surface area contributed by atoms with Gasteiger partial charge in [-0.25, -0.2) is 22.7 Å². The smallest absolute Gasteiger partial charge is 0.329 e. The summed E-state index contributed by atoms with van der Waals surface area (Å²) in [6, 6.07) is -0.574. The van der Waals surface area contributed by atoms with Crippen molar-refractivity contribution in [3.63, 3.8) is 0 Å². The van der Waals surface area contributed by atoms with Gasteiger partial charge in [0, 0.05) is 13.1 Å². The zero-order chi connectivity index (χ0) is 15.8. The van der Waals surface area contributed by atoms with E-state index in [1.54, 1.807) is 13.8 Å². The molecular weight excluding hydrogens is 286 g/mol. The van der Waals surface area contributed by atoms with Crippen molar-refractivity contribution >= 4 is 22.0 Å². The Balaban J connectivity index is 4.13.